The van der Waals surface area contributed by atoms with Crippen molar-refractivity contribution in [2.75, 3.05) is 11.9 Å². The minimum atomic E-state index is 0.235. The van der Waals surface area contributed by atoms with Crippen LogP contribution < -0.4 is 5.32 Å². The van der Waals surface area contributed by atoms with Crippen LogP contribution in [0.4, 0.5) is 5.69 Å². The number of aromatic amines is 1. The summed E-state index contributed by atoms with van der Waals surface area (Å²) < 4.78 is 5.52. The van der Waals surface area contributed by atoms with E-state index in [9.17, 15) is 0 Å². The summed E-state index contributed by atoms with van der Waals surface area (Å²) in [4.78, 5) is 0. The third kappa shape index (κ3) is 2.90. The Morgan fingerprint density at radius 1 is 1.42 bits per heavy atom. The molecule has 1 aromatic heterocycles. The highest BCUT2D eigenvalue weighted by Gasteiger charge is 2.10. The Kier molecular flexibility index (Phi) is 3.40. The number of benzene rings is 1. The third-order valence-corrected chi connectivity index (χ3v) is 3.02. The number of allylic oxidation sites excluding steroid dienone is 1. The summed E-state index contributed by atoms with van der Waals surface area (Å²) in [5.41, 5.74) is 1.96. The summed E-state index contributed by atoms with van der Waals surface area (Å²) in [6.07, 6.45) is 6.20. The van der Waals surface area contributed by atoms with Crippen molar-refractivity contribution in [3.05, 3.63) is 36.6 Å². The van der Waals surface area contributed by atoms with Gasteiger partial charge in [-0.1, -0.05) is 12.1 Å². The van der Waals surface area contributed by atoms with E-state index < -0.39 is 0 Å². The Labute approximate surface area is 110 Å². The van der Waals surface area contributed by atoms with Crippen molar-refractivity contribution in [2.24, 2.45) is 0 Å². The molecule has 0 saturated carbocycles. The van der Waals surface area contributed by atoms with Gasteiger partial charge in [0.1, 0.15) is 6.10 Å². The van der Waals surface area contributed by atoms with E-state index in [0.29, 0.717) is 5.82 Å². The number of anilines is 1. The summed E-state index contributed by atoms with van der Waals surface area (Å²) in [6, 6.07) is 7.94. The molecule has 0 aliphatic carbocycles. The molecule has 1 aliphatic rings. The van der Waals surface area contributed by atoms with E-state index in [1.807, 2.05) is 30.3 Å². The number of nitrogens with zero attached hydrogens (tertiary/aromatic N) is 3. The summed E-state index contributed by atoms with van der Waals surface area (Å²) >= 11 is 0. The lowest BCUT2D eigenvalue weighted by Gasteiger charge is -2.20. The quantitative estimate of drug-likeness (QED) is 0.875. The van der Waals surface area contributed by atoms with Crippen LogP contribution in [-0.2, 0) is 4.74 Å². The number of rotatable bonds is 4. The van der Waals surface area contributed by atoms with E-state index in [1.165, 1.54) is 0 Å². The Morgan fingerprint density at radius 2 is 2.42 bits per heavy atom. The number of nitrogens with one attached hydrogen (secondary N) is 2. The van der Waals surface area contributed by atoms with Crippen LogP contribution in [0.2, 0.25) is 0 Å². The predicted molar refractivity (Wildman–Crippen MR) is 71.4 cm³/mol. The fraction of sp³-hybridized carbons (Fsp3) is 0.308. The van der Waals surface area contributed by atoms with E-state index in [2.05, 4.69) is 25.9 Å². The van der Waals surface area contributed by atoms with Crippen LogP contribution in [0.25, 0.3) is 11.4 Å². The molecule has 2 heterocycles. The largest absolute Gasteiger partial charge is 0.497 e. The maximum absolute atomic E-state index is 5.52. The van der Waals surface area contributed by atoms with Crippen molar-refractivity contribution < 1.29 is 4.74 Å². The minimum absolute atomic E-state index is 0.235. The van der Waals surface area contributed by atoms with Gasteiger partial charge in [-0.3, -0.25) is 0 Å². The van der Waals surface area contributed by atoms with Crippen molar-refractivity contribution in [3.63, 3.8) is 0 Å². The zero-order valence-corrected chi connectivity index (χ0v) is 10.4. The molecule has 0 saturated heterocycles. The van der Waals surface area contributed by atoms with Gasteiger partial charge >= 0.3 is 0 Å². The second kappa shape index (κ2) is 5.51. The average Bonchev–Trinajstić information content (AvgIpc) is 3.01. The van der Waals surface area contributed by atoms with Gasteiger partial charge in [0.05, 0.1) is 12.8 Å². The number of H-pyrrole nitrogens is 1. The van der Waals surface area contributed by atoms with Crippen LogP contribution in [-0.4, -0.2) is 33.3 Å². The molecule has 1 atom stereocenters. The maximum atomic E-state index is 5.52. The first-order chi connectivity index (χ1) is 9.42. The maximum Gasteiger partial charge on any atom is 0.204 e. The van der Waals surface area contributed by atoms with E-state index >= 15 is 0 Å². The van der Waals surface area contributed by atoms with E-state index in [0.717, 1.165) is 30.6 Å². The smallest absolute Gasteiger partial charge is 0.204 e. The zero-order valence-electron chi connectivity index (χ0n) is 10.4. The molecule has 19 heavy (non-hydrogen) atoms. The first kappa shape index (κ1) is 11.7. The molecule has 98 valence electrons. The highest BCUT2D eigenvalue weighted by Crippen LogP contribution is 2.19. The fourth-order valence-corrected chi connectivity index (χ4v) is 2.02. The van der Waals surface area contributed by atoms with Gasteiger partial charge in [-0.2, -0.15) is 5.21 Å². The summed E-state index contributed by atoms with van der Waals surface area (Å²) in [7, 11) is 0. The van der Waals surface area contributed by atoms with Crippen LogP contribution in [0.5, 0.6) is 0 Å². The number of tetrazole rings is 1. The van der Waals surface area contributed by atoms with Crippen LogP contribution in [0.1, 0.15) is 12.8 Å². The molecule has 0 fully saturated rings. The standard InChI is InChI=1S/C13H15N5O/c1-2-7-19-12(6-1)9-14-11-5-3-4-10(8-11)13-15-17-18-16-13/h2-5,7-8,12,14H,1,6,9H2,(H,15,16,17,18). The molecule has 1 aromatic carbocycles. The van der Waals surface area contributed by atoms with Gasteiger partial charge in [-0.25, -0.2) is 0 Å². The molecule has 0 bridgehead atoms. The lowest BCUT2D eigenvalue weighted by Crippen LogP contribution is -2.22. The lowest BCUT2D eigenvalue weighted by molar-refractivity contribution is 0.135. The molecule has 6 heteroatoms. The van der Waals surface area contributed by atoms with Crippen molar-refractivity contribution >= 4 is 5.69 Å². The monoisotopic (exact) mass is 257 g/mol. The SMILES string of the molecule is C1=COC(CNc2cccc(-c3nn[nH]n3)c2)CC1. The van der Waals surface area contributed by atoms with Crippen LogP contribution in [0, 0.1) is 0 Å². The van der Waals surface area contributed by atoms with Gasteiger partial charge in [0, 0.05) is 11.3 Å². The highest BCUT2D eigenvalue weighted by molar-refractivity contribution is 5.61. The lowest BCUT2D eigenvalue weighted by atomic mass is 10.1. The van der Waals surface area contributed by atoms with E-state index in [1.54, 1.807) is 6.26 Å². The molecule has 0 radical (unpaired) electrons. The molecule has 0 amide bonds. The van der Waals surface area contributed by atoms with Crippen molar-refractivity contribution in [1.82, 2.24) is 20.6 Å². The number of aromatic nitrogens is 4. The van der Waals surface area contributed by atoms with Gasteiger partial charge in [-0.05, 0) is 36.3 Å². The summed E-state index contributed by atoms with van der Waals surface area (Å²) in [5, 5.41) is 17.3. The van der Waals surface area contributed by atoms with Gasteiger partial charge in [0.15, 0.2) is 0 Å². The van der Waals surface area contributed by atoms with Crippen LogP contribution in [0.3, 0.4) is 0 Å². The summed E-state index contributed by atoms with van der Waals surface area (Å²) in [5.74, 6) is 0.598. The summed E-state index contributed by atoms with van der Waals surface area (Å²) in [6.45, 7) is 0.792. The van der Waals surface area contributed by atoms with Crippen LogP contribution in [0.15, 0.2) is 36.6 Å². The van der Waals surface area contributed by atoms with Gasteiger partial charge < -0.3 is 10.1 Å². The van der Waals surface area contributed by atoms with Gasteiger partial charge in [0.25, 0.3) is 0 Å². The Morgan fingerprint density at radius 3 is 3.21 bits per heavy atom. The minimum Gasteiger partial charge on any atom is -0.497 e. The molecule has 0 spiro atoms. The molecular formula is C13H15N5O. The van der Waals surface area contributed by atoms with E-state index in [4.69, 9.17) is 4.74 Å². The zero-order chi connectivity index (χ0) is 12.9. The molecule has 3 rings (SSSR count). The molecule has 2 aromatic rings. The number of hydrogen-bond acceptors (Lipinski definition) is 5. The number of ether oxygens (including phenoxy) is 1. The molecule has 6 nitrogen and oxygen atoms in total. The molecule has 2 N–H and O–H groups in total. The second-order valence-corrected chi connectivity index (χ2v) is 4.40. The first-order valence-electron chi connectivity index (χ1n) is 6.30. The predicted octanol–water partition coefficient (Wildman–Crippen LogP) is 1.97. The van der Waals surface area contributed by atoms with Crippen LogP contribution >= 0.6 is 0 Å². The highest BCUT2D eigenvalue weighted by atomic mass is 16.5. The molecule has 1 aliphatic heterocycles. The second-order valence-electron chi connectivity index (χ2n) is 4.40. The Hall–Kier alpha value is -2.37. The molecular weight excluding hydrogens is 242 g/mol. The first-order valence-corrected chi connectivity index (χ1v) is 6.30. The number of hydrogen-bond donors (Lipinski definition) is 2. The van der Waals surface area contributed by atoms with Crippen molar-refractivity contribution in [2.45, 2.75) is 18.9 Å². The fourth-order valence-electron chi connectivity index (χ4n) is 2.02. The Balaban J connectivity index is 1.65. The van der Waals surface area contributed by atoms with Crippen molar-refractivity contribution in [1.29, 1.82) is 0 Å². The molecule has 1 unspecified atom stereocenters. The van der Waals surface area contributed by atoms with E-state index in [-0.39, 0.29) is 6.10 Å². The van der Waals surface area contributed by atoms with Gasteiger partial charge in [-0.15, -0.1) is 10.2 Å². The topological polar surface area (TPSA) is 75.7 Å². The normalized spacial score (nSPS) is 18.0. The Bertz CT molecular complexity index is 552. The van der Waals surface area contributed by atoms with Crippen molar-refractivity contribution in [3.8, 4) is 11.4 Å². The van der Waals surface area contributed by atoms with Gasteiger partial charge in [0.2, 0.25) is 5.82 Å². The third-order valence-electron chi connectivity index (χ3n) is 3.02. The average molecular weight is 257 g/mol.